The molecule has 0 saturated heterocycles. The Morgan fingerprint density at radius 1 is 1.37 bits per heavy atom. The van der Waals surface area contributed by atoms with Crippen LogP contribution in [0.25, 0.3) is 0 Å². The van der Waals surface area contributed by atoms with Crippen LogP contribution in [0.5, 0.6) is 0 Å². The molecule has 1 heterocycles. The molecule has 1 N–H and O–H groups in total. The lowest BCUT2D eigenvalue weighted by Crippen LogP contribution is -2.15. The summed E-state index contributed by atoms with van der Waals surface area (Å²) in [5.41, 5.74) is -0.208. The van der Waals surface area contributed by atoms with E-state index in [4.69, 9.17) is 11.6 Å². The molecule has 0 atom stereocenters. The second kappa shape index (κ2) is 5.63. The number of anilines is 1. The molecule has 1 amide bonds. The third-order valence-corrected chi connectivity index (χ3v) is 2.98. The van der Waals surface area contributed by atoms with Gasteiger partial charge in [0.25, 0.3) is 5.91 Å². The summed E-state index contributed by atoms with van der Waals surface area (Å²) in [6, 6.07) is 4.85. The maximum absolute atomic E-state index is 13.4. The zero-order valence-electron chi connectivity index (χ0n) is 9.25. The third-order valence-electron chi connectivity index (χ3n) is 2.25. The number of aromatic nitrogens is 1. The fourth-order valence-corrected chi connectivity index (χ4v) is 1.86. The van der Waals surface area contributed by atoms with Crippen LogP contribution in [-0.2, 0) is 0 Å². The van der Waals surface area contributed by atoms with Crippen LogP contribution in [0.3, 0.4) is 0 Å². The normalized spacial score (nSPS) is 10.3. The molecule has 2 rings (SSSR count). The summed E-state index contributed by atoms with van der Waals surface area (Å²) < 4.78 is 27.1. The largest absolute Gasteiger partial charge is 0.319 e. The predicted octanol–water partition coefficient (Wildman–Crippen LogP) is 4.03. The van der Waals surface area contributed by atoms with Crippen molar-refractivity contribution in [1.82, 2.24) is 4.98 Å². The number of halogens is 4. The van der Waals surface area contributed by atoms with E-state index in [-0.39, 0.29) is 10.8 Å². The Balaban J connectivity index is 2.31. The maximum Gasteiger partial charge on any atom is 0.258 e. The summed E-state index contributed by atoms with van der Waals surface area (Å²) in [5, 5.41) is 2.41. The molecule has 0 aliphatic rings. The molecule has 1 aromatic heterocycles. The number of carbonyl (C=O) groups excluding carboxylic acids is 1. The number of nitrogens with one attached hydrogen (secondary N) is 1. The molecule has 0 aliphatic heterocycles. The predicted molar refractivity (Wildman–Crippen MR) is 71.3 cm³/mol. The van der Waals surface area contributed by atoms with E-state index in [0.29, 0.717) is 4.47 Å². The highest BCUT2D eigenvalue weighted by molar-refractivity contribution is 9.10. The van der Waals surface area contributed by atoms with E-state index in [2.05, 4.69) is 26.2 Å². The molecule has 3 nitrogen and oxygen atoms in total. The van der Waals surface area contributed by atoms with Gasteiger partial charge in [-0.2, -0.15) is 0 Å². The minimum atomic E-state index is -1.21. The lowest BCUT2D eigenvalue weighted by molar-refractivity contribution is 0.102. The Labute approximate surface area is 120 Å². The van der Waals surface area contributed by atoms with Gasteiger partial charge in [-0.15, -0.1) is 0 Å². The topological polar surface area (TPSA) is 42.0 Å². The molecule has 98 valence electrons. The van der Waals surface area contributed by atoms with Gasteiger partial charge in [-0.05, 0) is 34.1 Å². The van der Waals surface area contributed by atoms with E-state index in [9.17, 15) is 13.6 Å². The van der Waals surface area contributed by atoms with Crippen LogP contribution in [0.4, 0.5) is 14.5 Å². The Morgan fingerprint density at radius 2 is 2.11 bits per heavy atom. The molecular formula is C12H6BrClF2N2O. The zero-order valence-corrected chi connectivity index (χ0v) is 11.6. The van der Waals surface area contributed by atoms with E-state index in [1.807, 2.05) is 0 Å². The Morgan fingerprint density at radius 3 is 2.84 bits per heavy atom. The lowest BCUT2D eigenvalue weighted by Gasteiger charge is -2.08. The lowest BCUT2D eigenvalue weighted by atomic mass is 10.2. The number of hydrogen-bond acceptors (Lipinski definition) is 2. The number of pyridine rings is 1. The van der Waals surface area contributed by atoms with Gasteiger partial charge in [-0.3, -0.25) is 4.79 Å². The number of hydrogen-bond donors (Lipinski definition) is 1. The van der Waals surface area contributed by atoms with Crippen molar-refractivity contribution in [2.45, 2.75) is 0 Å². The molecular weight excluding hydrogens is 341 g/mol. The summed E-state index contributed by atoms with van der Waals surface area (Å²) in [6.07, 6.45) is 1.45. The van der Waals surface area contributed by atoms with Crippen molar-refractivity contribution in [1.29, 1.82) is 0 Å². The van der Waals surface area contributed by atoms with E-state index in [0.717, 1.165) is 6.07 Å². The average Bonchev–Trinajstić information content (AvgIpc) is 2.37. The van der Waals surface area contributed by atoms with E-state index >= 15 is 0 Å². The van der Waals surface area contributed by atoms with Gasteiger partial charge in [0, 0.05) is 10.7 Å². The van der Waals surface area contributed by atoms with Crippen molar-refractivity contribution in [3.63, 3.8) is 0 Å². The molecule has 0 saturated carbocycles. The van der Waals surface area contributed by atoms with Gasteiger partial charge in [-0.25, -0.2) is 13.8 Å². The first kappa shape index (κ1) is 13.9. The summed E-state index contributed by atoms with van der Waals surface area (Å²) in [6.45, 7) is 0. The van der Waals surface area contributed by atoms with E-state index in [1.165, 1.54) is 24.4 Å². The van der Waals surface area contributed by atoms with Crippen molar-refractivity contribution in [3.05, 3.63) is 57.3 Å². The minimum absolute atomic E-state index is 0.0494. The van der Waals surface area contributed by atoms with Crippen LogP contribution in [0.15, 0.2) is 34.9 Å². The smallest absolute Gasteiger partial charge is 0.258 e. The van der Waals surface area contributed by atoms with Crippen LogP contribution in [0.1, 0.15) is 10.4 Å². The van der Waals surface area contributed by atoms with Gasteiger partial charge in [0.05, 0.1) is 11.3 Å². The van der Waals surface area contributed by atoms with Crippen LogP contribution in [0.2, 0.25) is 5.15 Å². The highest BCUT2D eigenvalue weighted by Crippen LogP contribution is 2.24. The van der Waals surface area contributed by atoms with Gasteiger partial charge in [0.15, 0.2) is 16.8 Å². The summed E-state index contributed by atoms with van der Waals surface area (Å²) in [5.74, 6) is -3.11. The van der Waals surface area contributed by atoms with Crippen LogP contribution in [0, 0.1) is 11.6 Å². The molecule has 0 aliphatic carbocycles. The van der Waals surface area contributed by atoms with Gasteiger partial charge in [0.2, 0.25) is 0 Å². The number of carbonyl (C=O) groups is 1. The minimum Gasteiger partial charge on any atom is -0.319 e. The first-order chi connectivity index (χ1) is 8.99. The highest BCUT2D eigenvalue weighted by Gasteiger charge is 2.16. The van der Waals surface area contributed by atoms with Crippen molar-refractivity contribution in [2.24, 2.45) is 0 Å². The second-order valence-electron chi connectivity index (χ2n) is 3.55. The Bertz CT molecular complexity index is 652. The molecule has 2 aromatic rings. The standard InChI is InChI=1S/C12H6BrClF2N2O/c13-6-4-9(11(14)17-5-6)18-12(19)7-2-1-3-8(15)10(7)16/h1-5H,(H,18,19). The Hall–Kier alpha value is -1.53. The highest BCUT2D eigenvalue weighted by atomic mass is 79.9. The SMILES string of the molecule is O=C(Nc1cc(Br)cnc1Cl)c1cccc(F)c1F. The van der Waals surface area contributed by atoms with Gasteiger partial charge in [0.1, 0.15) is 0 Å². The third kappa shape index (κ3) is 3.08. The molecule has 19 heavy (non-hydrogen) atoms. The first-order valence-corrected chi connectivity index (χ1v) is 6.22. The van der Waals surface area contributed by atoms with Crippen molar-refractivity contribution >= 4 is 39.1 Å². The number of amides is 1. The maximum atomic E-state index is 13.4. The van der Waals surface area contributed by atoms with Crippen molar-refractivity contribution in [2.75, 3.05) is 5.32 Å². The fraction of sp³-hybridized carbons (Fsp3) is 0. The summed E-state index contributed by atoms with van der Waals surface area (Å²) in [4.78, 5) is 15.6. The zero-order chi connectivity index (χ0) is 14.0. The van der Waals surface area contributed by atoms with Crippen molar-refractivity contribution in [3.8, 4) is 0 Å². The summed E-state index contributed by atoms with van der Waals surface area (Å²) in [7, 11) is 0. The fourth-order valence-electron chi connectivity index (χ4n) is 1.38. The first-order valence-electron chi connectivity index (χ1n) is 5.05. The summed E-state index contributed by atoms with van der Waals surface area (Å²) >= 11 is 8.95. The molecule has 7 heteroatoms. The number of rotatable bonds is 2. The molecule has 1 aromatic carbocycles. The van der Waals surface area contributed by atoms with Gasteiger partial charge >= 0.3 is 0 Å². The van der Waals surface area contributed by atoms with Crippen LogP contribution < -0.4 is 5.32 Å². The molecule has 0 bridgehead atoms. The van der Waals surface area contributed by atoms with E-state index in [1.54, 1.807) is 0 Å². The monoisotopic (exact) mass is 346 g/mol. The number of benzene rings is 1. The van der Waals surface area contributed by atoms with Crippen LogP contribution >= 0.6 is 27.5 Å². The average molecular weight is 348 g/mol. The molecule has 0 unspecified atom stereocenters. The molecule has 0 spiro atoms. The van der Waals surface area contributed by atoms with E-state index < -0.39 is 23.1 Å². The van der Waals surface area contributed by atoms with Crippen molar-refractivity contribution < 1.29 is 13.6 Å². The Kier molecular flexibility index (Phi) is 4.11. The quantitative estimate of drug-likeness (QED) is 0.834. The second-order valence-corrected chi connectivity index (χ2v) is 4.82. The molecule has 0 fully saturated rings. The van der Waals surface area contributed by atoms with Gasteiger partial charge < -0.3 is 5.32 Å². The van der Waals surface area contributed by atoms with Gasteiger partial charge in [-0.1, -0.05) is 17.7 Å². The molecule has 0 radical (unpaired) electrons. The van der Waals surface area contributed by atoms with Crippen LogP contribution in [-0.4, -0.2) is 10.9 Å². The number of nitrogens with zero attached hydrogens (tertiary/aromatic N) is 1.